The number of fused-ring (bicyclic) bond motifs is 2. The maximum absolute atomic E-state index is 13.0. The molecule has 0 fully saturated rings. The summed E-state index contributed by atoms with van der Waals surface area (Å²) in [5.74, 6) is -5.52. The molecule has 3 rings (SSSR count). The molecule has 10 nitrogen and oxygen atoms in total. The average molecular weight is 682 g/mol. The topological polar surface area (TPSA) is 168 Å². The number of hydrogen-bond acceptors (Lipinski definition) is 10. The van der Waals surface area contributed by atoms with Gasteiger partial charge < -0.3 is 34.5 Å². The van der Waals surface area contributed by atoms with E-state index in [4.69, 9.17) is 14.6 Å². The molecule has 43 heavy (non-hydrogen) atoms. The van der Waals surface area contributed by atoms with Crippen molar-refractivity contribution in [1.29, 1.82) is 0 Å². The normalized spacial score (nSPS) is 15.0. The van der Waals surface area contributed by atoms with Gasteiger partial charge in [0.15, 0.2) is 17.7 Å². The molecule has 4 unspecified atom stereocenters. The molecule has 3 aromatic carbocycles. The van der Waals surface area contributed by atoms with Crippen molar-refractivity contribution in [2.24, 2.45) is 0 Å². The Morgan fingerprint density at radius 1 is 0.744 bits per heavy atom. The van der Waals surface area contributed by atoms with Crippen LogP contribution in [0.5, 0.6) is 0 Å². The van der Waals surface area contributed by atoms with E-state index in [2.05, 4.69) is 22.0 Å². The largest absolute Gasteiger partial charge is 0.455 e. The predicted octanol–water partition coefficient (Wildman–Crippen LogP) is 4.31. The average Bonchev–Trinajstić information content (AvgIpc) is 3.02. The first-order chi connectivity index (χ1) is 20.7. The molecule has 0 aliphatic heterocycles. The highest BCUT2D eigenvalue weighted by Gasteiger charge is 2.38. The van der Waals surface area contributed by atoms with Gasteiger partial charge in [-0.2, -0.15) is 0 Å². The molecule has 234 valence electrons. The highest BCUT2D eigenvalue weighted by atomic mass is 79.9. The number of ether oxygens (including phenoxy) is 2. The Hall–Kier alpha value is -2.66. The number of esters is 2. The number of Topliss-reactive ketones (excluding diaryl/α,β-unsaturated/α-hetero) is 1. The second-order valence-corrected chi connectivity index (χ2v) is 13.0. The molecule has 0 aliphatic rings. The fourth-order valence-corrected chi connectivity index (χ4v) is 6.59. The minimum absolute atomic E-state index is 0.0139. The maximum Gasteiger partial charge on any atom is 0.306 e. The minimum atomic E-state index is -3.47. The monoisotopic (exact) mass is 680 g/mol. The number of halogens is 1. The van der Waals surface area contributed by atoms with Crippen LogP contribution in [0.2, 0.25) is 0 Å². The molecule has 0 bridgehead atoms. The molecule has 0 aliphatic carbocycles. The number of aliphatic hydroxyl groups excluding tert-OH is 4. The molecule has 0 radical (unpaired) electrons. The van der Waals surface area contributed by atoms with Crippen molar-refractivity contribution >= 4 is 63.0 Å². The maximum atomic E-state index is 13.0. The third kappa shape index (κ3) is 10.2. The first kappa shape index (κ1) is 34.8. The summed E-state index contributed by atoms with van der Waals surface area (Å²) in [4.78, 5) is 37.9. The Bertz CT molecular complexity index is 1410. The van der Waals surface area contributed by atoms with E-state index >= 15 is 0 Å². The number of unbranched alkanes of at least 4 members (excludes halogenated alkanes) is 2. The van der Waals surface area contributed by atoms with E-state index in [1.165, 1.54) is 0 Å². The zero-order valence-electron chi connectivity index (χ0n) is 23.7. The van der Waals surface area contributed by atoms with Crippen molar-refractivity contribution in [2.75, 3.05) is 18.5 Å². The summed E-state index contributed by atoms with van der Waals surface area (Å²) in [6.07, 6.45) is -1.39. The third-order valence-corrected chi connectivity index (χ3v) is 9.59. The van der Waals surface area contributed by atoms with E-state index in [-0.39, 0.29) is 31.5 Å². The van der Waals surface area contributed by atoms with Gasteiger partial charge in [-0.3, -0.25) is 14.4 Å². The summed E-state index contributed by atoms with van der Waals surface area (Å²) in [6, 6.07) is 17.4. The van der Waals surface area contributed by atoms with Crippen LogP contribution in [0, 0.1) is 0 Å². The van der Waals surface area contributed by atoms with E-state index in [0.29, 0.717) is 12.0 Å². The summed E-state index contributed by atoms with van der Waals surface area (Å²) in [5, 5.41) is 43.8. The molecule has 0 spiro atoms. The molecule has 3 aromatic rings. The highest BCUT2D eigenvalue weighted by Crippen LogP contribution is 2.39. The Morgan fingerprint density at radius 2 is 1.37 bits per heavy atom. The molecule has 0 saturated carbocycles. The van der Waals surface area contributed by atoms with Gasteiger partial charge in [0, 0.05) is 30.2 Å². The van der Waals surface area contributed by atoms with Crippen LogP contribution in [0.3, 0.4) is 0 Å². The van der Waals surface area contributed by atoms with Crippen molar-refractivity contribution in [3.05, 3.63) is 60.2 Å². The van der Waals surface area contributed by atoms with Crippen LogP contribution >= 0.6 is 23.7 Å². The van der Waals surface area contributed by atoms with Crippen molar-refractivity contribution < 1.29 is 48.8 Å². The smallest absolute Gasteiger partial charge is 0.306 e. The highest BCUT2D eigenvalue weighted by molar-refractivity contribution is 9.09. The lowest BCUT2D eigenvalue weighted by molar-refractivity contribution is -0.165. The third-order valence-electron chi connectivity index (χ3n) is 7.01. The molecule has 0 amide bonds. The number of ketones is 1. The summed E-state index contributed by atoms with van der Waals surface area (Å²) in [6.45, 7) is -1.78. The van der Waals surface area contributed by atoms with Gasteiger partial charge in [-0.1, -0.05) is 58.7 Å². The van der Waals surface area contributed by atoms with Crippen LogP contribution in [0.15, 0.2) is 54.6 Å². The number of rotatable bonds is 18. The number of carbonyl (C=O) groups excluding carboxylic acids is 3. The lowest BCUT2D eigenvalue weighted by atomic mass is 9.99. The zero-order valence-corrected chi connectivity index (χ0v) is 26.3. The van der Waals surface area contributed by atoms with Gasteiger partial charge in [-0.05, 0) is 59.0 Å². The quantitative estimate of drug-likeness (QED) is 0.0380. The van der Waals surface area contributed by atoms with E-state index < -0.39 is 56.9 Å². The fraction of sp³-hybridized carbons (Fsp3) is 0.452. The van der Waals surface area contributed by atoms with Crippen molar-refractivity contribution in [1.82, 2.24) is 0 Å². The van der Waals surface area contributed by atoms with Gasteiger partial charge in [-0.15, -0.1) is 0 Å². The summed E-state index contributed by atoms with van der Waals surface area (Å²) in [5.41, 5.74) is 0.489. The second kappa shape index (κ2) is 17.6. The Balaban J connectivity index is 1.62. The molecule has 12 heteroatoms. The molecule has 0 heterocycles. The lowest BCUT2D eigenvalue weighted by Gasteiger charge is -2.28. The van der Waals surface area contributed by atoms with Gasteiger partial charge in [0.2, 0.25) is 0 Å². The van der Waals surface area contributed by atoms with Crippen LogP contribution in [-0.4, -0.2) is 80.6 Å². The zero-order chi connectivity index (χ0) is 31.4. The van der Waals surface area contributed by atoms with Gasteiger partial charge in [-0.25, -0.2) is 0 Å². The van der Waals surface area contributed by atoms with Crippen LogP contribution in [0.1, 0.15) is 55.3 Å². The van der Waals surface area contributed by atoms with Gasteiger partial charge in [0.1, 0.15) is 19.8 Å². The second-order valence-electron chi connectivity index (χ2n) is 10.3. The van der Waals surface area contributed by atoms with Crippen LogP contribution in [0.25, 0.3) is 21.5 Å². The van der Waals surface area contributed by atoms with Gasteiger partial charge in [0.05, 0.1) is 13.2 Å². The first-order valence-corrected chi connectivity index (χ1v) is 16.9. The Morgan fingerprint density at radius 3 is 2.02 bits per heavy atom. The molecular formula is C31H38BrO10P. The molecule has 5 atom stereocenters. The van der Waals surface area contributed by atoms with E-state index in [1.807, 2.05) is 36.4 Å². The number of carbonyl (C=O) groups is 3. The van der Waals surface area contributed by atoms with Crippen molar-refractivity contribution in [3.8, 4) is 0 Å². The number of hydrogen-bond donors (Lipinski definition) is 4. The summed E-state index contributed by atoms with van der Waals surface area (Å²) in [7, 11) is -3.47. The number of aliphatic hydroxyl groups is 4. The fourth-order valence-electron chi connectivity index (χ4n) is 4.59. The van der Waals surface area contributed by atoms with Crippen molar-refractivity contribution in [3.63, 3.8) is 0 Å². The Kier molecular flexibility index (Phi) is 14.2. The van der Waals surface area contributed by atoms with Crippen LogP contribution < -0.4 is 0 Å². The SMILES string of the molecule is O=C(CCCC(=O)c1ccc2cc3ccccc3cc2c1)OC([C@H](CO)OC(=O)CCCCCBr)[PH](=O)C(O)C(O)CO. The van der Waals surface area contributed by atoms with Crippen molar-refractivity contribution in [2.45, 2.75) is 68.8 Å². The van der Waals surface area contributed by atoms with E-state index in [0.717, 1.165) is 39.7 Å². The van der Waals surface area contributed by atoms with E-state index in [1.54, 1.807) is 12.1 Å². The predicted molar refractivity (Wildman–Crippen MR) is 167 cm³/mol. The van der Waals surface area contributed by atoms with Gasteiger partial charge >= 0.3 is 11.9 Å². The molecule has 0 saturated heterocycles. The van der Waals surface area contributed by atoms with Gasteiger partial charge in [0.25, 0.3) is 0 Å². The molecule has 0 aromatic heterocycles. The van der Waals surface area contributed by atoms with Crippen LogP contribution in [-0.2, 0) is 23.6 Å². The first-order valence-electron chi connectivity index (χ1n) is 14.2. The summed E-state index contributed by atoms with van der Waals surface area (Å²) < 4.78 is 23.6. The van der Waals surface area contributed by atoms with Crippen LogP contribution in [0.4, 0.5) is 0 Å². The number of benzene rings is 3. The Labute approximate surface area is 258 Å². The summed E-state index contributed by atoms with van der Waals surface area (Å²) >= 11 is 3.30. The minimum Gasteiger partial charge on any atom is -0.455 e. The number of alkyl halides is 1. The molecular weight excluding hydrogens is 643 g/mol. The molecule has 4 N–H and O–H groups in total. The standard InChI is InChI=1S/C31H38BrO10P/c32-14-5-1-2-10-28(37)41-27(19-34)31(43(40)30(39)26(36)18-33)42-29(38)11-6-9-25(35)23-13-12-22-15-20-7-3-4-8-21(20)16-24(22)17-23/h3-4,7-8,12-13,15-17,26-27,30-31,33-34,36,39,43H,1-2,5-6,9-11,14,18-19H2/t26?,27-,30?,31?/m0/s1. The van der Waals surface area contributed by atoms with E-state index in [9.17, 15) is 34.3 Å². The lowest BCUT2D eigenvalue weighted by Crippen LogP contribution is -2.39.